The number of hydrogen-bond acceptors (Lipinski definition) is 1. The molecule has 112 valence electrons. The molecule has 0 saturated heterocycles. The molecule has 2 aromatic carbocycles. The maximum Gasteiger partial charge on any atom is 0.141 e. The Balaban J connectivity index is 2.25. The third-order valence-corrected chi connectivity index (χ3v) is 4.12. The van der Waals surface area contributed by atoms with E-state index in [2.05, 4.69) is 21.2 Å². The molecule has 0 aliphatic heterocycles. The SMILES string of the molecule is CCNC(Cc1ccc(F)c(Br)c1)c1ccc(F)c(Cl)c1. The standard InChI is InChI=1S/C16H15BrClF2N/c1-2-21-16(11-4-6-15(20)13(18)9-11)8-10-3-5-14(19)12(17)7-10/h3-7,9,16,21H,2,8H2,1H3. The van der Waals surface area contributed by atoms with Crippen molar-refractivity contribution in [3.63, 3.8) is 0 Å². The molecular formula is C16H15BrClF2N. The Bertz CT molecular complexity index is 634. The molecule has 1 atom stereocenters. The summed E-state index contributed by atoms with van der Waals surface area (Å²) < 4.78 is 27.0. The van der Waals surface area contributed by atoms with Crippen LogP contribution in [-0.4, -0.2) is 6.54 Å². The van der Waals surface area contributed by atoms with Crippen LogP contribution >= 0.6 is 27.5 Å². The summed E-state index contributed by atoms with van der Waals surface area (Å²) in [4.78, 5) is 0. The molecule has 0 aromatic heterocycles. The third kappa shape index (κ3) is 4.25. The molecule has 0 aliphatic rings. The third-order valence-electron chi connectivity index (χ3n) is 3.22. The van der Waals surface area contributed by atoms with Crippen LogP contribution in [0.15, 0.2) is 40.9 Å². The lowest BCUT2D eigenvalue weighted by Gasteiger charge is -2.19. The highest BCUT2D eigenvalue weighted by Crippen LogP contribution is 2.25. The van der Waals surface area contributed by atoms with E-state index in [1.54, 1.807) is 24.3 Å². The highest BCUT2D eigenvalue weighted by atomic mass is 79.9. The molecular weight excluding hydrogens is 360 g/mol. The van der Waals surface area contributed by atoms with Gasteiger partial charge in [-0.2, -0.15) is 0 Å². The first-order valence-electron chi connectivity index (χ1n) is 6.63. The van der Waals surface area contributed by atoms with Gasteiger partial charge in [0.05, 0.1) is 9.50 Å². The summed E-state index contributed by atoms with van der Waals surface area (Å²) in [6, 6.07) is 9.63. The van der Waals surface area contributed by atoms with E-state index in [0.717, 1.165) is 17.7 Å². The van der Waals surface area contributed by atoms with E-state index in [9.17, 15) is 8.78 Å². The van der Waals surface area contributed by atoms with Crippen molar-refractivity contribution < 1.29 is 8.78 Å². The smallest absolute Gasteiger partial charge is 0.141 e. The van der Waals surface area contributed by atoms with E-state index in [0.29, 0.717) is 10.9 Å². The fraction of sp³-hybridized carbons (Fsp3) is 0.250. The predicted molar refractivity (Wildman–Crippen MR) is 85.6 cm³/mol. The Morgan fingerprint density at radius 2 is 1.86 bits per heavy atom. The topological polar surface area (TPSA) is 12.0 Å². The molecule has 1 N–H and O–H groups in total. The van der Waals surface area contributed by atoms with Crippen LogP contribution in [0.4, 0.5) is 8.78 Å². The molecule has 2 aromatic rings. The second kappa shape index (κ2) is 7.34. The lowest BCUT2D eigenvalue weighted by molar-refractivity contribution is 0.546. The minimum Gasteiger partial charge on any atom is -0.310 e. The van der Waals surface area contributed by atoms with Crippen LogP contribution in [0, 0.1) is 11.6 Å². The van der Waals surface area contributed by atoms with Crippen LogP contribution in [0.3, 0.4) is 0 Å². The molecule has 0 fully saturated rings. The van der Waals surface area contributed by atoms with E-state index >= 15 is 0 Å². The van der Waals surface area contributed by atoms with E-state index in [-0.39, 0.29) is 16.9 Å². The van der Waals surface area contributed by atoms with Crippen molar-refractivity contribution in [2.75, 3.05) is 6.54 Å². The highest BCUT2D eigenvalue weighted by molar-refractivity contribution is 9.10. The minimum absolute atomic E-state index is 0.00883. The molecule has 0 aliphatic carbocycles. The first-order valence-corrected chi connectivity index (χ1v) is 7.80. The summed E-state index contributed by atoms with van der Waals surface area (Å²) in [6.07, 6.45) is 0.661. The normalized spacial score (nSPS) is 12.4. The average molecular weight is 375 g/mol. The Morgan fingerprint density at radius 1 is 1.14 bits per heavy atom. The molecule has 1 unspecified atom stereocenters. The van der Waals surface area contributed by atoms with Crippen LogP contribution < -0.4 is 5.32 Å². The van der Waals surface area contributed by atoms with Gasteiger partial charge in [-0.05, 0) is 64.3 Å². The molecule has 0 saturated carbocycles. The lowest BCUT2D eigenvalue weighted by Crippen LogP contribution is -2.23. The van der Waals surface area contributed by atoms with Crippen molar-refractivity contribution in [2.45, 2.75) is 19.4 Å². The second-order valence-corrected chi connectivity index (χ2v) is 6.00. The van der Waals surface area contributed by atoms with Crippen LogP contribution in [0.25, 0.3) is 0 Å². The van der Waals surface area contributed by atoms with Gasteiger partial charge in [-0.25, -0.2) is 8.78 Å². The van der Waals surface area contributed by atoms with Crippen molar-refractivity contribution in [1.82, 2.24) is 5.32 Å². The largest absolute Gasteiger partial charge is 0.310 e. The quantitative estimate of drug-likeness (QED) is 0.751. The van der Waals surface area contributed by atoms with E-state index in [1.807, 2.05) is 6.92 Å². The van der Waals surface area contributed by atoms with Crippen molar-refractivity contribution >= 4 is 27.5 Å². The maximum atomic E-state index is 13.3. The molecule has 0 bridgehead atoms. The fourth-order valence-corrected chi connectivity index (χ4v) is 2.80. The molecule has 21 heavy (non-hydrogen) atoms. The van der Waals surface area contributed by atoms with Crippen molar-refractivity contribution in [1.29, 1.82) is 0 Å². The van der Waals surface area contributed by atoms with Gasteiger partial charge in [-0.1, -0.05) is 30.7 Å². The fourth-order valence-electron chi connectivity index (χ4n) is 2.19. The number of likely N-dealkylation sites (N-methyl/N-ethyl adjacent to an activating group) is 1. The van der Waals surface area contributed by atoms with Gasteiger partial charge >= 0.3 is 0 Å². The van der Waals surface area contributed by atoms with E-state index in [4.69, 9.17) is 11.6 Å². The molecule has 1 nitrogen and oxygen atoms in total. The number of halogens is 4. The summed E-state index contributed by atoms with van der Waals surface area (Å²) >= 11 is 9.03. The van der Waals surface area contributed by atoms with Gasteiger partial charge in [0.1, 0.15) is 11.6 Å². The number of benzene rings is 2. The van der Waals surface area contributed by atoms with Gasteiger partial charge in [0.15, 0.2) is 0 Å². The van der Waals surface area contributed by atoms with Gasteiger partial charge in [-0.3, -0.25) is 0 Å². The number of nitrogens with one attached hydrogen (secondary N) is 1. The summed E-state index contributed by atoms with van der Waals surface area (Å²) in [6.45, 7) is 2.76. The molecule has 0 radical (unpaired) electrons. The lowest BCUT2D eigenvalue weighted by atomic mass is 9.98. The zero-order valence-electron chi connectivity index (χ0n) is 11.5. The first-order chi connectivity index (χ1) is 10.0. The Hall–Kier alpha value is -0.970. The zero-order valence-corrected chi connectivity index (χ0v) is 13.8. The number of rotatable bonds is 5. The zero-order chi connectivity index (χ0) is 15.4. The van der Waals surface area contributed by atoms with Crippen LogP contribution in [-0.2, 0) is 6.42 Å². The molecule has 5 heteroatoms. The summed E-state index contributed by atoms with van der Waals surface area (Å²) in [7, 11) is 0. The predicted octanol–water partition coefficient (Wildman–Crippen LogP) is 5.27. The minimum atomic E-state index is -0.430. The number of hydrogen-bond donors (Lipinski definition) is 1. The van der Waals surface area contributed by atoms with E-state index < -0.39 is 5.82 Å². The maximum absolute atomic E-state index is 13.3. The van der Waals surface area contributed by atoms with Crippen molar-refractivity contribution in [3.05, 3.63) is 68.7 Å². The summed E-state index contributed by atoms with van der Waals surface area (Å²) in [5.41, 5.74) is 1.89. The first kappa shape index (κ1) is 16.4. The summed E-state index contributed by atoms with van der Waals surface area (Å²) in [5, 5.41) is 3.45. The average Bonchev–Trinajstić information content (AvgIpc) is 2.45. The Morgan fingerprint density at radius 3 is 2.48 bits per heavy atom. The van der Waals surface area contributed by atoms with Gasteiger partial charge in [0, 0.05) is 6.04 Å². The van der Waals surface area contributed by atoms with Gasteiger partial charge in [0.25, 0.3) is 0 Å². The van der Waals surface area contributed by atoms with Crippen molar-refractivity contribution in [3.8, 4) is 0 Å². The molecule has 0 heterocycles. The molecule has 0 amide bonds. The highest BCUT2D eigenvalue weighted by Gasteiger charge is 2.14. The molecule has 2 rings (SSSR count). The van der Waals surface area contributed by atoms with Crippen molar-refractivity contribution in [2.24, 2.45) is 0 Å². The Labute approximate surface area is 136 Å². The van der Waals surface area contributed by atoms with Crippen LogP contribution in [0.1, 0.15) is 24.1 Å². The van der Waals surface area contributed by atoms with E-state index in [1.165, 1.54) is 12.1 Å². The van der Waals surface area contributed by atoms with Gasteiger partial charge < -0.3 is 5.32 Å². The van der Waals surface area contributed by atoms with Gasteiger partial charge in [0.2, 0.25) is 0 Å². The monoisotopic (exact) mass is 373 g/mol. The molecule has 0 spiro atoms. The second-order valence-electron chi connectivity index (χ2n) is 4.74. The Kier molecular flexibility index (Phi) is 5.73. The van der Waals surface area contributed by atoms with Gasteiger partial charge in [-0.15, -0.1) is 0 Å². The van der Waals surface area contributed by atoms with Crippen LogP contribution in [0.5, 0.6) is 0 Å². The van der Waals surface area contributed by atoms with Crippen LogP contribution in [0.2, 0.25) is 5.02 Å². The summed E-state index contributed by atoms with van der Waals surface area (Å²) in [5.74, 6) is -0.719.